The molecule has 188 valence electrons. The molecule has 2 rings (SSSR count). The van der Waals surface area contributed by atoms with Gasteiger partial charge in [0.2, 0.25) is 0 Å². The minimum atomic E-state index is -4.93. The molecule has 0 radical (unpaired) electrons. The highest BCUT2D eigenvalue weighted by molar-refractivity contribution is 5.91. The maximum absolute atomic E-state index is 12.1. The lowest BCUT2D eigenvalue weighted by atomic mass is 10.3. The van der Waals surface area contributed by atoms with Crippen LogP contribution < -0.4 is 18.9 Å². The van der Waals surface area contributed by atoms with Crippen LogP contribution in [0.25, 0.3) is 0 Å². The largest absolute Gasteiger partial charge is 0.573 e. The molecule has 0 aliphatic rings. The van der Waals surface area contributed by atoms with Crippen LogP contribution in [0.3, 0.4) is 0 Å². The lowest BCUT2D eigenvalue weighted by molar-refractivity contribution is -0.276. The third-order valence-electron chi connectivity index (χ3n) is 3.27. The van der Waals surface area contributed by atoms with Crippen molar-refractivity contribution in [2.24, 2.45) is 0 Å². The molecule has 0 saturated heterocycles. The highest BCUT2D eigenvalue weighted by Gasteiger charge is 2.34. The van der Waals surface area contributed by atoms with Crippen molar-refractivity contribution in [3.8, 4) is 23.0 Å². The summed E-state index contributed by atoms with van der Waals surface area (Å²) in [6.07, 6.45) is -7.94. The molecule has 1 N–H and O–H groups in total. The van der Waals surface area contributed by atoms with Crippen LogP contribution in [0.1, 0.15) is 27.9 Å². The molecule has 34 heavy (non-hydrogen) atoms. The van der Waals surface area contributed by atoms with Gasteiger partial charge in [-0.25, -0.2) is 19.6 Å². The van der Waals surface area contributed by atoms with E-state index in [0.29, 0.717) is 0 Å². The van der Waals surface area contributed by atoms with E-state index in [0.717, 1.165) is 38.7 Å². The second-order valence-electron chi connectivity index (χ2n) is 5.50. The monoisotopic (exact) mass is 502 g/mol. The molecule has 10 nitrogen and oxygen atoms in total. The molecule has 0 spiro atoms. The Balaban J connectivity index is 0.000000342. The van der Waals surface area contributed by atoms with Gasteiger partial charge in [-0.2, -0.15) is 0 Å². The van der Waals surface area contributed by atoms with E-state index in [1.807, 2.05) is 0 Å². The average molecular weight is 502 g/mol. The average Bonchev–Trinajstić information content (AvgIpc) is 2.71. The van der Waals surface area contributed by atoms with Crippen molar-refractivity contribution in [1.82, 2.24) is 9.97 Å². The number of ether oxygens (including phenoxy) is 5. The number of halogens is 6. The number of esters is 1. The van der Waals surface area contributed by atoms with Crippen molar-refractivity contribution in [3.05, 3.63) is 35.9 Å². The number of carboxylic acids is 1. The zero-order valence-electron chi connectivity index (χ0n) is 17.5. The third-order valence-corrected chi connectivity index (χ3v) is 3.27. The molecule has 0 fully saturated rings. The van der Waals surface area contributed by atoms with Crippen molar-refractivity contribution in [3.63, 3.8) is 0 Å². The Kier molecular flexibility index (Phi) is 9.70. The van der Waals surface area contributed by atoms with Crippen LogP contribution in [0.5, 0.6) is 23.0 Å². The Bertz CT molecular complexity index is 997. The van der Waals surface area contributed by atoms with Gasteiger partial charge in [0.05, 0.1) is 20.8 Å². The summed E-state index contributed by atoms with van der Waals surface area (Å²) in [5, 5.41) is 8.64. The Labute approximate surface area is 187 Å². The predicted octanol–water partition coefficient (Wildman–Crippen LogP) is 3.85. The van der Waals surface area contributed by atoms with Crippen molar-refractivity contribution in [2.75, 3.05) is 20.8 Å². The number of rotatable bonds is 7. The third kappa shape index (κ3) is 8.51. The molecule has 0 aromatic carbocycles. The molecular formula is C18H16F6N2O8. The quantitative estimate of drug-likeness (QED) is 0.441. The van der Waals surface area contributed by atoms with E-state index in [1.165, 1.54) is 0 Å². The molecule has 16 heteroatoms. The Morgan fingerprint density at radius 1 is 0.853 bits per heavy atom. The second-order valence-corrected chi connectivity index (χ2v) is 5.50. The number of carboxylic acid groups (broad SMARTS) is 1. The highest BCUT2D eigenvalue weighted by atomic mass is 19.4. The van der Waals surface area contributed by atoms with E-state index in [4.69, 9.17) is 9.84 Å². The van der Waals surface area contributed by atoms with E-state index in [2.05, 4.69) is 28.9 Å². The first-order chi connectivity index (χ1) is 15.7. The Morgan fingerprint density at radius 2 is 1.26 bits per heavy atom. The summed E-state index contributed by atoms with van der Waals surface area (Å²) in [6.45, 7) is 1.62. The first-order valence-corrected chi connectivity index (χ1v) is 8.71. The smallest absolute Gasteiger partial charge is 0.491 e. The summed E-state index contributed by atoms with van der Waals surface area (Å²) in [6, 6.07) is 1.80. The van der Waals surface area contributed by atoms with Crippen LogP contribution in [0.2, 0.25) is 0 Å². The zero-order valence-corrected chi connectivity index (χ0v) is 17.5. The number of pyridine rings is 2. The topological polar surface area (TPSA) is 126 Å². The van der Waals surface area contributed by atoms with Crippen molar-refractivity contribution >= 4 is 11.9 Å². The first-order valence-electron chi connectivity index (χ1n) is 8.71. The van der Waals surface area contributed by atoms with Crippen LogP contribution in [0.15, 0.2) is 24.5 Å². The van der Waals surface area contributed by atoms with Gasteiger partial charge in [0.15, 0.2) is 34.4 Å². The number of carbonyl (C=O) groups excluding carboxylic acids is 1. The van der Waals surface area contributed by atoms with Gasteiger partial charge in [0.1, 0.15) is 0 Å². The van der Waals surface area contributed by atoms with Gasteiger partial charge in [-0.15, -0.1) is 26.3 Å². The lowest BCUT2D eigenvalue weighted by Gasteiger charge is -2.13. The van der Waals surface area contributed by atoms with Crippen LogP contribution in [-0.2, 0) is 4.74 Å². The second kappa shape index (κ2) is 11.8. The fourth-order valence-corrected chi connectivity index (χ4v) is 2.16. The summed E-state index contributed by atoms with van der Waals surface area (Å²) in [5.74, 6) is -4.79. The number of aromatic nitrogens is 2. The van der Waals surface area contributed by atoms with Gasteiger partial charge < -0.3 is 28.8 Å². The van der Waals surface area contributed by atoms with E-state index in [1.54, 1.807) is 6.92 Å². The number of carbonyl (C=O) groups is 2. The number of aromatic carboxylic acids is 1. The maximum Gasteiger partial charge on any atom is 0.573 e. The minimum absolute atomic E-state index is 0.0635. The van der Waals surface area contributed by atoms with E-state index in [9.17, 15) is 35.9 Å². The van der Waals surface area contributed by atoms with E-state index < -0.39 is 53.4 Å². The van der Waals surface area contributed by atoms with Gasteiger partial charge in [-0.05, 0) is 6.92 Å². The molecule has 0 amide bonds. The summed E-state index contributed by atoms with van der Waals surface area (Å²) >= 11 is 0. The number of methoxy groups -OCH3 is 2. The molecule has 0 aliphatic carbocycles. The fraction of sp³-hybridized carbons (Fsp3) is 0.333. The van der Waals surface area contributed by atoms with E-state index in [-0.39, 0.29) is 12.3 Å². The number of hydrogen-bond acceptors (Lipinski definition) is 9. The zero-order chi connectivity index (χ0) is 26.1. The lowest BCUT2D eigenvalue weighted by Crippen LogP contribution is -2.19. The minimum Gasteiger partial charge on any atom is -0.491 e. The van der Waals surface area contributed by atoms with Gasteiger partial charge in [0.25, 0.3) is 0 Å². The summed E-state index contributed by atoms with van der Waals surface area (Å²) in [4.78, 5) is 29.0. The number of hydrogen-bond donors (Lipinski definition) is 1. The van der Waals surface area contributed by atoms with Crippen molar-refractivity contribution in [2.45, 2.75) is 19.6 Å². The molecule has 2 heterocycles. The SMILES string of the molecule is CCOC(=O)c1nccc(OC(F)(F)F)c1OC.COc1c(OC(F)(F)F)ccnc1C(=O)O. The number of alkyl halides is 6. The molecular weight excluding hydrogens is 486 g/mol. The first kappa shape index (κ1) is 28.1. The standard InChI is InChI=1S/C10H10F3NO4.C8H6F3NO4/c1-3-17-9(15)7-8(16-2)6(4-5-14-7)18-10(11,12)13;1-15-6-4(16-8(9,10)11)2-3-12-5(6)7(13)14/h4-5H,3H2,1-2H3;2-3H,1H3,(H,13,14). The van der Waals surface area contributed by atoms with Gasteiger partial charge in [-0.1, -0.05) is 0 Å². The molecule has 0 unspecified atom stereocenters. The molecule has 2 aromatic heterocycles. The summed E-state index contributed by atoms with van der Waals surface area (Å²) in [5.41, 5.74) is -1.02. The molecule has 2 aromatic rings. The van der Waals surface area contributed by atoms with Crippen LogP contribution in [-0.4, -0.2) is 60.6 Å². The van der Waals surface area contributed by atoms with Crippen LogP contribution >= 0.6 is 0 Å². The van der Waals surface area contributed by atoms with Gasteiger partial charge in [-0.3, -0.25) is 0 Å². The molecule has 0 saturated carbocycles. The van der Waals surface area contributed by atoms with Crippen molar-refractivity contribution in [1.29, 1.82) is 0 Å². The normalized spacial score (nSPS) is 11.0. The van der Waals surface area contributed by atoms with E-state index >= 15 is 0 Å². The Hall–Kier alpha value is -3.98. The molecule has 0 bridgehead atoms. The fourth-order valence-electron chi connectivity index (χ4n) is 2.16. The Morgan fingerprint density at radius 3 is 1.62 bits per heavy atom. The molecule has 0 aliphatic heterocycles. The maximum atomic E-state index is 12.1. The number of nitrogens with zero attached hydrogens (tertiary/aromatic N) is 2. The summed E-state index contributed by atoms with van der Waals surface area (Å²) < 4.78 is 93.4. The van der Waals surface area contributed by atoms with Gasteiger partial charge in [0, 0.05) is 24.5 Å². The van der Waals surface area contributed by atoms with Crippen LogP contribution in [0, 0.1) is 0 Å². The van der Waals surface area contributed by atoms with Crippen molar-refractivity contribution < 1.29 is 64.7 Å². The highest BCUT2D eigenvalue weighted by Crippen LogP contribution is 2.35. The molecule has 0 atom stereocenters. The van der Waals surface area contributed by atoms with Crippen LogP contribution in [0.4, 0.5) is 26.3 Å². The van der Waals surface area contributed by atoms with Gasteiger partial charge >= 0.3 is 24.7 Å². The summed E-state index contributed by atoms with van der Waals surface area (Å²) in [7, 11) is 2.12. The predicted molar refractivity (Wildman–Crippen MR) is 97.9 cm³/mol.